The van der Waals surface area contributed by atoms with Crippen LogP contribution in [0, 0.1) is 17.8 Å². The predicted molar refractivity (Wildman–Crippen MR) is 227 cm³/mol. The maximum Gasteiger partial charge on any atom is 0.311 e. The number of aliphatic hydroxyl groups excluding tert-OH is 3. The molecular formula is C46H78N2O12. The molecule has 4 rings (SSSR count). The molecule has 3 saturated heterocycles. The second kappa shape index (κ2) is 21.0. The van der Waals surface area contributed by atoms with Gasteiger partial charge in [0.1, 0.15) is 41.7 Å². The fourth-order valence-corrected chi connectivity index (χ4v) is 9.91. The standard InChI is InChI=1S/C46H78N2O12/c1-15-35-46(11,53)39(50)31(7)48(26-33-20-18-17-19-21-33)25-27(3)23-45(10,55-16-2)41(60-43-37(49)34(47(12)13)22-28(4)56-43)29(5)38(30(6)42(52)58-35)59-36-24-44(9,54-14)40(51)32(8)57-36/h16-21,27-32,34-41,43,49-51,53H,2,15,22-26H2,1,3-14H3/t27-,28-,29+,30-,31-,32+,34+,35-,36+,37-,38+,39-,40+,41-,43+,44-,45-,46-/m1/s1. The van der Waals surface area contributed by atoms with Crippen LogP contribution in [0.15, 0.2) is 43.2 Å². The van der Waals surface area contributed by atoms with Gasteiger partial charge in [0.2, 0.25) is 0 Å². The quantitative estimate of drug-likeness (QED) is 0.180. The molecule has 14 nitrogen and oxygen atoms in total. The number of aliphatic hydroxyl groups is 4. The summed E-state index contributed by atoms with van der Waals surface area (Å²) >= 11 is 0. The van der Waals surface area contributed by atoms with Gasteiger partial charge in [0.25, 0.3) is 0 Å². The van der Waals surface area contributed by atoms with Crippen LogP contribution in [-0.2, 0) is 44.5 Å². The molecule has 60 heavy (non-hydrogen) atoms. The number of methoxy groups -OCH3 is 1. The Morgan fingerprint density at radius 3 is 2.18 bits per heavy atom. The molecule has 0 aromatic heterocycles. The van der Waals surface area contributed by atoms with Gasteiger partial charge in [0, 0.05) is 44.6 Å². The molecule has 1 aromatic carbocycles. The van der Waals surface area contributed by atoms with E-state index < -0.39 is 96.0 Å². The highest BCUT2D eigenvalue weighted by atomic mass is 16.7. The molecule has 0 saturated carbocycles. The average Bonchev–Trinajstić information content (AvgIpc) is 3.19. The van der Waals surface area contributed by atoms with E-state index in [4.69, 9.17) is 33.2 Å². The zero-order valence-electron chi connectivity index (χ0n) is 38.5. The van der Waals surface area contributed by atoms with Gasteiger partial charge in [-0.3, -0.25) is 9.69 Å². The first kappa shape index (κ1) is 50.4. The van der Waals surface area contributed by atoms with Gasteiger partial charge in [-0.1, -0.05) is 57.7 Å². The number of hydrogen-bond acceptors (Lipinski definition) is 14. The van der Waals surface area contributed by atoms with Gasteiger partial charge >= 0.3 is 5.97 Å². The number of benzene rings is 1. The number of carbonyl (C=O) groups excluding carboxylic acids is 1. The Bertz CT molecular complexity index is 1500. The first-order valence-corrected chi connectivity index (χ1v) is 21.9. The Morgan fingerprint density at radius 2 is 1.60 bits per heavy atom. The van der Waals surface area contributed by atoms with Crippen molar-refractivity contribution in [2.24, 2.45) is 17.8 Å². The minimum Gasteiger partial charge on any atom is -0.493 e. The molecular weight excluding hydrogens is 773 g/mol. The highest BCUT2D eigenvalue weighted by Gasteiger charge is 2.53. The first-order valence-electron chi connectivity index (χ1n) is 21.9. The number of ether oxygens (including phenoxy) is 7. The number of carbonyl (C=O) groups is 1. The van der Waals surface area contributed by atoms with E-state index in [9.17, 15) is 25.2 Å². The molecule has 14 heteroatoms. The largest absolute Gasteiger partial charge is 0.493 e. The topological polar surface area (TPSA) is 169 Å². The highest BCUT2D eigenvalue weighted by molar-refractivity contribution is 5.73. The van der Waals surface area contributed by atoms with Crippen molar-refractivity contribution < 1.29 is 58.4 Å². The number of nitrogens with zero attached hydrogens (tertiary/aromatic N) is 2. The third-order valence-corrected chi connectivity index (χ3v) is 13.6. The zero-order chi connectivity index (χ0) is 44.9. The zero-order valence-corrected chi connectivity index (χ0v) is 38.5. The van der Waals surface area contributed by atoms with Crippen LogP contribution in [-0.4, -0.2) is 154 Å². The van der Waals surface area contributed by atoms with Gasteiger partial charge in [-0.25, -0.2) is 0 Å². The minimum absolute atomic E-state index is 0.115. The Balaban J connectivity index is 1.91. The summed E-state index contributed by atoms with van der Waals surface area (Å²) < 4.78 is 45.1. The van der Waals surface area contributed by atoms with Crippen molar-refractivity contribution in [3.8, 4) is 0 Å². The second-order valence-corrected chi connectivity index (χ2v) is 18.9. The molecule has 18 atom stereocenters. The van der Waals surface area contributed by atoms with E-state index in [0.29, 0.717) is 25.9 Å². The predicted octanol–water partition coefficient (Wildman–Crippen LogP) is 4.64. The average molecular weight is 851 g/mol. The van der Waals surface area contributed by atoms with Crippen LogP contribution >= 0.6 is 0 Å². The van der Waals surface area contributed by atoms with E-state index in [1.165, 1.54) is 20.3 Å². The van der Waals surface area contributed by atoms with Crippen molar-refractivity contribution in [2.45, 2.75) is 192 Å². The van der Waals surface area contributed by atoms with Crippen LogP contribution in [0.25, 0.3) is 0 Å². The van der Waals surface area contributed by atoms with E-state index >= 15 is 0 Å². The lowest BCUT2D eigenvalue weighted by Crippen LogP contribution is -2.60. The summed E-state index contributed by atoms with van der Waals surface area (Å²) in [5.74, 6) is -2.47. The normalized spacial score (nSPS) is 44.4. The van der Waals surface area contributed by atoms with E-state index in [0.717, 1.165) is 5.56 Å². The van der Waals surface area contributed by atoms with Crippen molar-refractivity contribution in [1.29, 1.82) is 0 Å². The molecule has 0 radical (unpaired) electrons. The fraction of sp³-hybridized carbons (Fsp3) is 0.804. The maximum absolute atomic E-state index is 14.6. The summed E-state index contributed by atoms with van der Waals surface area (Å²) in [7, 11) is 5.35. The van der Waals surface area contributed by atoms with E-state index in [1.807, 2.05) is 77.0 Å². The number of cyclic esters (lactones) is 1. The monoisotopic (exact) mass is 851 g/mol. The van der Waals surface area contributed by atoms with E-state index in [1.54, 1.807) is 27.7 Å². The molecule has 3 aliphatic heterocycles. The molecule has 0 amide bonds. The van der Waals surface area contributed by atoms with Gasteiger partial charge < -0.3 is 58.5 Å². The summed E-state index contributed by atoms with van der Waals surface area (Å²) in [6.07, 6.45) is -6.50. The van der Waals surface area contributed by atoms with Crippen LogP contribution in [0.1, 0.15) is 100 Å². The van der Waals surface area contributed by atoms with E-state index in [2.05, 4.69) is 18.4 Å². The van der Waals surface area contributed by atoms with Crippen molar-refractivity contribution in [2.75, 3.05) is 27.7 Å². The molecule has 0 spiro atoms. The highest BCUT2D eigenvalue weighted by Crippen LogP contribution is 2.41. The molecule has 0 aliphatic carbocycles. The molecule has 0 unspecified atom stereocenters. The third-order valence-electron chi connectivity index (χ3n) is 13.6. The van der Waals surface area contributed by atoms with Crippen molar-refractivity contribution in [3.63, 3.8) is 0 Å². The third kappa shape index (κ3) is 11.5. The van der Waals surface area contributed by atoms with Crippen LogP contribution in [0.2, 0.25) is 0 Å². The van der Waals surface area contributed by atoms with Gasteiger partial charge in [-0.05, 0) is 93.3 Å². The Morgan fingerprint density at radius 1 is 0.950 bits per heavy atom. The Kier molecular flexibility index (Phi) is 17.6. The Labute approximate surface area is 359 Å². The van der Waals surface area contributed by atoms with Crippen LogP contribution < -0.4 is 0 Å². The summed E-state index contributed by atoms with van der Waals surface area (Å²) in [5, 5.41) is 47.1. The van der Waals surface area contributed by atoms with Gasteiger partial charge in [0.05, 0.1) is 36.1 Å². The molecule has 344 valence electrons. The maximum atomic E-state index is 14.6. The number of esters is 1. The smallest absolute Gasteiger partial charge is 0.311 e. The summed E-state index contributed by atoms with van der Waals surface area (Å²) in [6.45, 7) is 23.2. The first-order chi connectivity index (χ1) is 28.0. The van der Waals surface area contributed by atoms with Crippen LogP contribution in [0.3, 0.4) is 0 Å². The van der Waals surface area contributed by atoms with Crippen molar-refractivity contribution in [1.82, 2.24) is 9.80 Å². The fourth-order valence-electron chi connectivity index (χ4n) is 9.91. The second-order valence-electron chi connectivity index (χ2n) is 18.9. The van der Waals surface area contributed by atoms with Crippen LogP contribution in [0.4, 0.5) is 0 Å². The van der Waals surface area contributed by atoms with Gasteiger partial charge in [-0.2, -0.15) is 0 Å². The summed E-state index contributed by atoms with van der Waals surface area (Å²) in [6, 6.07) is 9.08. The molecule has 0 bridgehead atoms. The Hall–Kier alpha value is -2.21. The summed E-state index contributed by atoms with van der Waals surface area (Å²) in [5.41, 5.74) is -3.01. The number of hydrogen-bond donors (Lipinski definition) is 4. The molecule has 3 fully saturated rings. The minimum atomic E-state index is -1.84. The van der Waals surface area contributed by atoms with E-state index in [-0.39, 0.29) is 30.9 Å². The SMILES string of the molecule is C=CO[C@]1(C)C[C@@H](C)CN(Cc2ccccc2)[C@H](C)[C@@H](O)[C@](C)(O)[C@@H](CC)OC(=O)[C@H](C)[C@@H](O[C@H]2C[C@@](C)(OC)[C@@H](O)[C@H](C)O2)[C@H](C)[C@H]1O[C@@H]1O[C@H](C)C[C@H](N(C)C)[C@H]1O. The molecule has 1 aromatic rings. The summed E-state index contributed by atoms with van der Waals surface area (Å²) in [4.78, 5) is 18.7. The van der Waals surface area contributed by atoms with Crippen molar-refractivity contribution >= 4 is 5.97 Å². The molecule has 3 aliphatic rings. The van der Waals surface area contributed by atoms with Crippen LogP contribution in [0.5, 0.6) is 0 Å². The lowest BCUT2D eigenvalue weighted by molar-refractivity contribution is -0.318. The van der Waals surface area contributed by atoms with Gasteiger partial charge in [0.15, 0.2) is 12.6 Å². The van der Waals surface area contributed by atoms with Gasteiger partial charge in [-0.15, -0.1) is 0 Å². The van der Waals surface area contributed by atoms with Crippen molar-refractivity contribution in [3.05, 3.63) is 48.7 Å². The number of rotatable bonds is 11. The molecule has 4 N–H and O–H groups in total. The number of likely N-dealkylation sites (N-methyl/N-ethyl adjacent to an activating group) is 1. The molecule has 3 heterocycles. The lowest BCUT2D eigenvalue weighted by Gasteiger charge is -2.49. The lowest BCUT2D eigenvalue weighted by atomic mass is 9.77.